The highest BCUT2D eigenvalue weighted by molar-refractivity contribution is 5.19. The average Bonchev–Trinajstić information content (AvgIpc) is 2.30. The molecule has 1 aliphatic rings. The number of piperidine rings is 1. The molecule has 0 bridgehead atoms. The fraction of sp³-hybridized carbons (Fsp3) is 0.571. The quantitative estimate of drug-likeness (QED) is 0.709. The highest BCUT2D eigenvalue weighted by atomic mass is 15.2. The Morgan fingerprint density at radius 3 is 2.53 bits per heavy atom. The van der Waals surface area contributed by atoms with Crippen molar-refractivity contribution in [3.8, 4) is 0 Å². The molecular formula is C14H21N. The summed E-state index contributed by atoms with van der Waals surface area (Å²) in [6, 6.07) is 12.3. The van der Waals surface area contributed by atoms with Gasteiger partial charge < -0.3 is 0 Å². The number of likely N-dealkylation sites (tertiary alicyclic amines) is 1. The third-order valence-corrected chi connectivity index (χ3v) is 3.39. The van der Waals surface area contributed by atoms with Crippen LogP contribution in [0.25, 0.3) is 0 Å². The highest BCUT2D eigenvalue weighted by Gasteiger charge is 2.25. The first kappa shape index (κ1) is 10.7. The molecule has 0 saturated carbocycles. The van der Waals surface area contributed by atoms with Crippen molar-refractivity contribution in [1.82, 2.24) is 4.90 Å². The molecule has 2 rings (SSSR count). The van der Waals surface area contributed by atoms with Gasteiger partial charge in [-0.15, -0.1) is 0 Å². The lowest BCUT2D eigenvalue weighted by Gasteiger charge is -2.39. The maximum Gasteiger partial charge on any atom is 0.0350 e. The third-order valence-electron chi connectivity index (χ3n) is 3.39. The molecule has 1 heteroatoms. The van der Waals surface area contributed by atoms with E-state index in [1.165, 1.54) is 31.4 Å². The summed E-state index contributed by atoms with van der Waals surface area (Å²) in [6.07, 6.45) is 4.06. The van der Waals surface area contributed by atoms with Crippen LogP contribution in [0, 0.1) is 0 Å². The molecule has 0 spiro atoms. The normalized spacial score (nSPS) is 23.3. The lowest BCUT2D eigenvalue weighted by atomic mass is 9.94. The second-order valence-corrected chi connectivity index (χ2v) is 4.75. The van der Waals surface area contributed by atoms with Crippen LogP contribution < -0.4 is 0 Å². The van der Waals surface area contributed by atoms with Gasteiger partial charge in [-0.3, -0.25) is 4.90 Å². The van der Waals surface area contributed by atoms with Crippen molar-refractivity contribution in [2.45, 2.75) is 45.2 Å². The Bertz CT molecular complexity index is 291. The van der Waals surface area contributed by atoms with E-state index in [2.05, 4.69) is 49.1 Å². The summed E-state index contributed by atoms with van der Waals surface area (Å²) in [5, 5.41) is 0. The zero-order valence-electron chi connectivity index (χ0n) is 9.82. The Labute approximate surface area is 93.1 Å². The topological polar surface area (TPSA) is 3.24 Å². The van der Waals surface area contributed by atoms with Crippen molar-refractivity contribution < 1.29 is 0 Å². The summed E-state index contributed by atoms with van der Waals surface area (Å²) in [5.41, 5.74) is 1.49. The molecule has 0 amide bonds. The summed E-state index contributed by atoms with van der Waals surface area (Å²) in [5.74, 6) is 0. The van der Waals surface area contributed by atoms with Crippen LogP contribution in [0.3, 0.4) is 0 Å². The smallest absolute Gasteiger partial charge is 0.0350 e. The van der Waals surface area contributed by atoms with Crippen LogP contribution in [0.5, 0.6) is 0 Å². The lowest BCUT2D eigenvalue weighted by molar-refractivity contribution is 0.112. The molecule has 0 aliphatic carbocycles. The Hall–Kier alpha value is -0.820. The molecule has 82 valence electrons. The van der Waals surface area contributed by atoms with Gasteiger partial charge in [0.2, 0.25) is 0 Å². The van der Waals surface area contributed by atoms with E-state index in [1.54, 1.807) is 0 Å². The minimum atomic E-state index is 0.653. The van der Waals surface area contributed by atoms with Gasteiger partial charge in [0, 0.05) is 12.1 Å². The Morgan fingerprint density at radius 2 is 1.87 bits per heavy atom. The largest absolute Gasteiger partial charge is 0.294 e. The first-order chi connectivity index (χ1) is 7.29. The van der Waals surface area contributed by atoms with Crippen molar-refractivity contribution in [3.63, 3.8) is 0 Å². The van der Waals surface area contributed by atoms with Crippen LogP contribution in [-0.2, 0) is 0 Å². The maximum absolute atomic E-state index is 2.64. The van der Waals surface area contributed by atoms with Gasteiger partial charge in [0.15, 0.2) is 0 Å². The van der Waals surface area contributed by atoms with Gasteiger partial charge in [-0.1, -0.05) is 36.8 Å². The summed E-state index contributed by atoms with van der Waals surface area (Å²) < 4.78 is 0. The van der Waals surface area contributed by atoms with Crippen molar-refractivity contribution in [2.75, 3.05) is 6.54 Å². The van der Waals surface area contributed by atoms with E-state index in [-0.39, 0.29) is 0 Å². The van der Waals surface area contributed by atoms with E-state index in [9.17, 15) is 0 Å². The molecule has 1 nitrogen and oxygen atoms in total. The second kappa shape index (κ2) is 4.80. The summed E-state index contributed by atoms with van der Waals surface area (Å²) in [7, 11) is 0. The molecule has 1 fully saturated rings. The minimum absolute atomic E-state index is 0.653. The molecule has 0 aromatic heterocycles. The summed E-state index contributed by atoms with van der Waals surface area (Å²) in [6.45, 7) is 5.87. The number of hydrogen-bond acceptors (Lipinski definition) is 1. The molecule has 0 N–H and O–H groups in total. The fourth-order valence-electron chi connectivity index (χ4n) is 2.61. The minimum Gasteiger partial charge on any atom is -0.294 e. The second-order valence-electron chi connectivity index (χ2n) is 4.75. The molecule has 1 saturated heterocycles. The molecule has 0 unspecified atom stereocenters. The van der Waals surface area contributed by atoms with Gasteiger partial charge >= 0.3 is 0 Å². The third kappa shape index (κ3) is 2.40. The lowest BCUT2D eigenvalue weighted by Crippen LogP contribution is -2.38. The average molecular weight is 203 g/mol. The van der Waals surface area contributed by atoms with Crippen LogP contribution in [0.1, 0.15) is 44.7 Å². The van der Waals surface area contributed by atoms with Crippen molar-refractivity contribution >= 4 is 0 Å². The number of hydrogen-bond donors (Lipinski definition) is 0. The van der Waals surface area contributed by atoms with Gasteiger partial charge in [0.25, 0.3) is 0 Å². The standard InChI is InChI=1S/C14H21N/c1-12(2)15-11-7-6-10-14(15)13-8-4-3-5-9-13/h3-5,8-9,12,14H,6-7,10-11H2,1-2H3/t14-/m0/s1. The zero-order valence-corrected chi connectivity index (χ0v) is 9.82. The predicted molar refractivity (Wildman–Crippen MR) is 64.9 cm³/mol. The van der Waals surface area contributed by atoms with E-state index in [1.807, 2.05) is 0 Å². The summed E-state index contributed by atoms with van der Waals surface area (Å²) >= 11 is 0. The highest BCUT2D eigenvalue weighted by Crippen LogP contribution is 2.31. The fourth-order valence-corrected chi connectivity index (χ4v) is 2.61. The first-order valence-corrected chi connectivity index (χ1v) is 6.09. The number of benzene rings is 1. The van der Waals surface area contributed by atoms with Crippen LogP contribution in [0.4, 0.5) is 0 Å². The predicted octanol–water partition coefficient (Wildman–Crippen LogP) is 3.62. The van der Waals surface area contributed by atoms with E-state index < -0.39 is 0 Å². The van der Waals surface area contributed by atoms with Crippen molar-refractivity contribution in [2.24, 2.45) is 0 Å². The Balaban J connectivity index is 2.18. The van der Waals surface area contributed by atoms with Gasteiger partial charge in [-0.05, 0) is 38.8 Å². The Morgan fingerprint density at radius 1 is 1.13 bits per heavy atom. The van der Waals surface area contributed by atoms with Gasteiger partial charge in [-0.2, -0.15) is 0 Å². The Kier molecular flexibility index (Phi) is 3.42. The molecule has 15 heavy (non-hydrogen) atoms. The van der Waals surface area contributed by atoms with Crippen LogP contribution in [0.15, 0.2) is 30.3 Å². The zero-order chi connectivity index (χ0) is 10.7. The van der Waals surface area contributed by atoms with Crippen LogP contribution >= 0.6 is 0 Å². The molecule has 1 aromatic carbocycles. The van der Waals surface area contributed by atoms with Gasteiger partial charge in [0.05, 0.1) is 0 Å². The summed E-state index contributed by atoms with van der Waals surface area (Å²) in [4.78, 5) is 2.64. The van der Waals surface area contributed by atoms with Crippen LogP contribution in [-0.4, -0.2) is 17.5 Å². The van der Waals surface area contributed by atoms with E-state index >= 15 is 0 Å². The molecule has 1 aliphatic heterocycles. The number of rotatable bonds is 2. The SMILES string of the molecule is CC(C)N1CCCC[C@H]1c1ccccc1. The van der Waals surface area contributed by atoms with Crippen LogP contribution in [0.2, 0.25) is 0 Å². The maximum atomic E-state index is 2.64. The molecule has 1 heterocycles. The van der Waals surface area contributed by atoms with Gasteiger partial charge in [-0.25, -0.2) is 0 Å². The number of nitrogens with zero attached hydrogens (tertiary/aromatic N) is 1. The van der Waals surface area contributed by atoms with E-state index in [4.69, 9.17) is 0 Å². The monoisotopic (exact) mass is 203 g/mol. The molecule has 1 aromatic rings. The van der Waals surface area contributed by atoms with Crippen molar-refractivity contribution in [1.29, 1.82) is 0 Å². The molecule has 1 atom stereocenters. The molecular weight excluding hydrogens is 182 g/mol. The van der Waals surface area contributed by atoms with Crippen molar-refractivity contribution in [3.05, 3.63) is 35.9 Å². The van der Waals surface area contributed by atoms with Gasteiger partial charge in [0.1, 0.15) is 0 Å². The van der Waals surface area contributed by atoms with E-state index in [0.29, 0.717) is 12.1 Å². The van der Waals surface area contributed by atoms with E-state index in [0.717, 1.165) is 0 Å². The first-order valence-electron chi connectivity index (χ1n) is 6.09. The molecule has 0 radical (unpaired) electrons.